The molecule has 0 saturated carbocycles. The minimum absolute atomic E-state index is 1.03. The van der Waals surface area contributed by atoms with Crippen LogP contribution in [0.15, 0.2) is 24.3 Å². The van der Waals surface area contributed by atoms with Gasteiger partial charge in [-0.3, -0.25) is 0 Å². The quantitative estimate of drug-likeness (QED) is 0.641. The smallest absolute Gasteiger partial charge is 0.00672 e. The summed E-state index contributed by atoms with van der Waals surface area (Å²) in [5.74, 6) is 0. The van der Waals surface area contributed by atoms with Crippen molar-refractivity contribution in [3.05, 3.63) is 46.5 Å². The van der Waals surface area contributed by atoms with Crippen molar-refractivity contribution in [2.45, 2.75) is 47.0 Å². The second-order valence-electron chi connectivity index (χ2n) is 4.39. The zero-order valence-corrected chi connectivity index (χ0v) is 10.5. The van der Waals surface area contributed by atoms with Crippen LogP contribution in [0, 0.1) is 6.92 Å². The lowest BCUT2D eigenvalue weighted by Crippen LogP contribution is -1.99. The Morgan fingerprint density at radius 1 is 1.20 bits per heavy atom. The Morgan fingerprint density at radius 2 is 1.87 bits per heavy atom. The van der Waals surface area contributed by atoms with Gasteiger partial charge in [0.05, 0.1) is 0 Å². The van der Waals surface area contributed by atoms with E-state index in [4.69, 9.17) is 0 Å². The van der Waals surface area contributed by atoms with E-state index in [9.17, 15) is 0 Å². The molecule has 0 bridgehead atoms. The van der Waals surface area contributed by atoms with Crippen LogP contribution in [0.4, 0.5) is 0 Å². The molecule has 0 spiro atoms. The third-order valence-corrected chi connectivity index (χ3v) is 2.89. The molecule has 0 atom stereocenters. The Hall–Kier alpha value is -1.04. The van der Waals surface area contributed by atoms with Crippen LogP contribution >= 0.6 is 0 Å². The second kappa shape index (κ2) is 5.16. The Morgan fingerprint density at radius 3 is 2.33 bits per heavy atom. The summed E-state index contributed by atoms with van der Waals surface area (Å²) in [6.07, 6.45) is 3.28. The van der Waals surface area contributed by atoms with Gasteiger partial charge in [-0.2, -0.15) is 0 Å². The summed E-state index contributed by atoms with van der Waals surface area (Å²) in [6.45, 7) is 12.8. The number of aryl methyl sites for hydroxylation is 3. The molecule has 0 unspecified atom stereocenters. The Labute approximate surface area is 94.0 Å². The van der Waals surface area contributed by atoms with Crippen molar-refractivity contribution in [2.75, 3.05) is 0 Å². The van der Waals surface area contributed by atoms with E-state index in [1.807, 2.05) is 0 Å². The Kier molecular flexibility index (Phi) is 4.14. The van der Waals surface area contributed by atoms with Gasteiger partial charge in [0.15, 0.2) is 0 Å². The van der Waals surface area contributed by atoms with Crippen LogP contribution in [-0.2, 0) is 19.3 Å². The number of benzene rings is 1. The SMILES string of the molecule is C=C(C)Cc1c(C)cc(CC)cc1CC. The largest absolute Gasteiger partial charge is 0.0998 e. The molecule has 15 heavy (non-hydrogen) atoms. The zero-order chi connectivity index (χ0) is 11.4. The second-order valence-corrected chi connectivity index (χ2v) is 4.39. The highest BCUT2D eigenvalue weighted by Crippen LogP contribution is 2.21. The topological polar surface area (TPSA) is 0 Å². The minimum atomic E-state index is 1.03. The summed E-state index contributed by atoms with van der Waals surface area (Å²) in [5, 5.41) is 0. The van der Waals surface area contributed by atoms with E-state index in [0.29, 0.717) is 0 Å². The first-order chi connectivity index (χ1) is 7.08. The van der Waals surface area contributed by atoms with Crippen LogP contribution in [0.1, 0.15) is 43.0 Å². The van der Waals surface area contributed by atoms with Gasteiger partial charge in [0.25, 0.3) is 0 Å². The molecule has 0 heterocycles. The standard InChI is InChI=1S/C15H22/c1-6-13-9-12(5)15(8-11(3)4)14(7-2)10-13/h9-10H,3,6-8H2,1-2,4-5H3. The van der Waals surface area contributed by atoms with Gasteiger partial charge in [-0.15, -0.1) is 0 Å². The lowest BCUT2D eigenvalue weighted by molar-refractivity contribution is 1.01. The summed E-state index contributed by atoms with van der Waals surface area (Å²) in [7, 11) is 0. The molecule has 0 aliphatic rings. The maximum atomic E-state index is 4.01. The van der Waals surface area contributed by atoms with E-state index in [2.05, 4.69) is 46.4 Å². The maximum absolute atomic E-state index is 4.01. The van der Waals surface area contributed by atoms with Crippen LogP contribution in [0.3, 0.4) is 0 Å². The summed E-state index contributed by atoms with van der Waals surface area (Å²) < 4.78 is 0. The molecule has 0 radical (unpaired) electrons. The average Bonchev–Trinajstić information content (AvgIpc) is 2.20. The van der Waals surface area contributed by atoms with Crippen LogP contribution in [0.5, 0.6) is 0 Å². The summed E-state index contributed by atoms with van der Waals surface area (Å²) in [4.78, 5) is 0. The highest BCUT2D eigenvalue weighted by atomic mass is 14.1. The Bertz CT molecular complexity index is 359. The molecule has 0 saturated heterocycles. The first kappa shape index (κ1) is 12.0. The number of rotatable bonds is 4. The van der Waals surface area contributed by atoms with Crippen molar-refractivity contribution in [3.63, 3.8) is 0 Å². The van der Waals surface area contributed by atoms with Crippen molar-refractivity contribution in [1.29, 1.82) is 0 Å². The van der Waals surface area contributed by atoms with Crippen LogP contribution in [0.2, 0.25) is 0 Å². The van der Waals surface area contributed by atoms with Crippen molar-refractivity contribution < 1.29 is 0 Å². The van der Waals surface area contributed by atoms with Gasteiger partial charge in [0, 0.05) is 0 Å². The summed E-state index contributed by atoms with van der Waals surface area (Å²) >= 11 is 0. The molecule has 0 heteroatoms. The molecular formula is C15H22. The van der Waals surface area contributed by atoms with E-state index in [-0.39, 0.29) is 0 Å². The molecule has 1 aromatic carbocycles. The van der Waals surface area contributed by atoms with E-state index in [1.54, 1.807) is 0 Å². The third-order valence-electron chi connectivity index (χ3n) is 2.89. The fourth-order valence-corrected chi connectivity index (χ4v) is 2.05. The minimum Gasteiger partial charge on any atom is -0.0998 e. The lowest BCUT2D eigenvalue weighted by atomic mass is 9.92. The van der Waals surface area contributed by atoms with E-state index >= 15 is 0 Å². The van der Waals surface area contributed by atoms with Gasteiger partial charge in [-0.25, -0.2) is 0 Å². The van der Waals surface area contributed by atoms with Crippen LogP contribution in [-0.4, -0.2) is 0 Å². The van der Waals surface area contributed by atoms with Crippen LogP contribution < -0.4 is 0 Å². The number of hydrogen-bond acceptors (Lipinski definition) is 0. The average molecular weight is 202 g/mol. The molecule has 0 aliphatic heterocycles. The zero-order valence-electron chi connectivity index (χ0n) is 10.5. The molecule has 82 valence electrons. The molecule has 0 nitrogen and oxygen atoms in total. The van der Waals surface area contributed by atoms with Gasteiger partial charge in [-0.05, 0) is 55.4 Å². The molecule has 0 aromatic heterocycles. The van der Waals surface area contributed by atoms with Crippen molar-refractivity contribution in [3.8, 4) is 0 Å². The monoisotopic (exact) mass is 202 g/mol. The molecule has 1 aromatic rings. The van der Waals surface area contributed by atoms with Gasteiger partial charge in [0.1, 0.15) is 0 Å². The van der Waals surface area contributed by atoms with Crippen molar-refractivity contribution >= 4 is 0 Å². The fraction of sp³-hybridized carbons (Fsp3) is 0.467. The molecule has 1 rings (SSSR count). The fourth-order valence-electron chi connectivity index (χ4n) is 2.05. The normalized spacial score (nSPS) is 10.4. The van der Waals surface area contributed by atoms with Crippen LogP contribution in [0.25, 0.3) is 0 Å². The number of hydrogen-bond donors (Lipinski definition) is 0. The van der Waals surface area contributed by atoms with Gasteiger partial charge < -0.3 is 0 Å². The van der Waals surface area contributed by atoms with Crippen molar-refractivity contribution in [1.82, 2.24) is 0 Å². The molecule has 0 fully saturated rings. The number of allylic oxidation sites excluding steroid dienone is 1. The van der Waals surface area contributed by atoms with Crippen molar-refractivity contribution in [2.24, 2.45) is 0 Å². The summed E-state index contributed by atoms with van der Waals surface area (Å²) in [6, 6.07) is 4.67. The molecule has 0 N–H and O–H groups in total. The van der Waals surface area contributed by atoms with Gasteiger partial charge >= 0.3 is 0 Å². The van der Waals surface area contributed by atoms with E-state index in [1.165, 1.54) is 27.8 Å². The first-order valence-electron chi connectivity index (χ1n) is 5.84. The van der Waals surface area contributed by atoms with Gasteiger partial charge in [0.2, 0.25) is 0 Å². The lowest BCUT2D eigenvalue weighted by Gasteiger charge is -2.13. The third kappa shape index (κ3) is 2.95. The van der Waals surface area contributed by atoms with Gasteiger partial charge in [-0.1, -0.05) is 38.1 Å². The Balaban J connectivity index is 3.18. The van der Waals surface area contributed by atoms with E-state index in [0.717, 1.165) is 19.3 Å². The predicted molar refractivity (Wildman–Crippen MR) is 68.5 cm³/mol. The maximum Gasteiger partial charge on any atom is -0.00672 e. The highest BCUT2D eigenvalue weighted by molar-refractivity contribution is 5.40. The van der Waals surface area contributed by atoms with E-state index < -0.39 is 0 Å². The molecular weight excluding hydrogens is 180 g/mol. The first-order valence-corrected chi connectivity index (χ1v) is 5.84. The molecule has 0 aliphatic carbocycles. The summed E-state index contributed by atoms with van der Waals surface area (Å²) in [5.41, 5.74) is 7.11. The molecule has 0 amide bonds. The highest BCUT2D eigenvalue weighted by Gasteiger charge is 2.06. The predicted octanol–water partition coefficient (Wildman–Crippen LogP) is 4.24.